The van der Waals surface area contributed by atoms with E-state index in [2.05, 4.69) is 10.3 Å². The zero-order chi connectivity index (χ0) is 23.0. The molecule has 0 saturated carbocycles. The number of hydrogen-bond donors (Lipinski definition) is 1. The van der Waals surface area contributed by atoms with Gasteiger partial charge in [0.2, 0.25) is 5.91 Å². The molecule has 162 valence electrons. The number of rotatable bonds is 6. The minimum Gasteiger partial charge on any atom is -0.302 e. The van der Waals surface area contributed by atoms with Gasteiger partial charge in [-0.15, -0.1) is 11.3 Å². The number of anilines is 1. The Labute approximate surface area is 186 Å². The van der Waals surface area contributed by atoms with E-state index in [0.717, 1.165) is 26.6 Å². The molecule has 10 heteroatoms. The van der Waals surface area contributed by atoms with E-state index in [1.807, 2.05) is 38.1 Å². The predicted molar refractivity (Wildman–Crippen MR) is 119 cm³/mol. The van der Waals surface area contributed by atoms with Gasteiger partial charge in [-0.05, 0) is 19.9 Å². The molecule has 3 amide bonds. The van der Waals surface area contributed by atoms with Crippen molar-refractivity contribution in [3.8, 4) is 11.3 Å². The molecule has 2 heterocycles. The van der Waals surface area contributed by atoms with Crippen LogP contribution in [0.15, 0.2) is 42.5 Å². The lowest BCUT2D eigenvalue weighted by molar-refractivity contribution is -0.385. The van der Waals surface area contributed by atoms with Crippen LogP contribution in [0.5, 0.6) is 0 Å². The number of benzene rings is 2. The Morgan fingerprint density at radius 1 is 1.12 bits per heavy atom. The van der Waals surface area contributed by atoms with E-state index in [9.17, 15) is 24.5 Å². The molecule has 1 N–H and O–H groups in total. The Kier molecular flexibility index (Phi) is 5.54. The summed E-state index contributed by atoms with van der Waals surface area (Å²) < 4.78 is 0. The van der Waals surface area contributed by atoms with E-state index in [4.69, 9.17) is 0 Å². The van der Waals surface area contributed by atoms with Crippen LogP contribution in [0.25, 0.3) is 11.3 Å². The lowest BCUT2D eigenvalue weighted by Crippen LogP contribution is -2.33. The summed E-state index contributed by atoms with van der Waals surface area (Å²) in [4.78, 5) is 54.3. The molecule has 0 fully saturated rings. The van der Waals surface area contributed by atoms with Gasteiger partial charge >= 0.3 is 0 Å². The first-order valence-electron chi connectivity index (χ1n) is 9.74. The predicted octanol–water partition coefficient (Wildman–Crippen LogP) is 3.96. The van der Waals surface area contributed by atoms with Gasteiger partial charge in [0.25, 0.3) is 17.5 Å². The Morgan fingerprint density at radius 2 is 1.84 bits per heavy atom. The summed E-state index contributed by atoms with van der Waals surface area (Å²) in [7, 11) is 0. The number of amides is 3. The van der Waals surface area contributed by atoms with Crippen molar-refractivity contribution in [1.29, 1.82) is 0 Å². The number of carbonyl (C=O) groups excluding carboxylic acids is 3. The van der Waals surface area contributed by atoms with E-state index >= 15 is 0 Å². The molecule has 0 aliphatic carbocycles. The number of aromatic nitrogens is 1. The topological polar surface area (TPSA) is 123 Å². The molecule has 0 bridgehead atoms. The van der Waals surface area contributed by atoms with Crippen molar-refractivity contribution >= 4 is 39.9 Å². The Morgan fingerprint density at radius 3 is 2.53 bits per heavy atom. The van der Waals surface area contributed by atoms with Gasteiger partial charge in [0.1, 0.15) is 5.56 Å². The van der Waals surface area contributed by atoms with Crippen molar-refractivity contribution in [2.24, 2.45) is 0 Å². The van der Waals surface area contributed by atoms with E-state index in [-0.39, 0.29) is 24.1 Å². The SMILES string of the molecule is Cc1ccc(-c2nc(NC(=O)CCN3C(=O)c4cccc([N+](=O)[O-])c4C3=O)sc2C)cc1. The van der Waals surface area contributed by atoms with E-state index in [1.165, 1.54) is 29.5 Å². The van der Waals surface area contributed by atoms with Gasteiger partial charge in [-0.25, -0.2) is 4.98 Å². The standard InChI is InChI=1S/C22H18N4O5S/c1-12-6-8-14(9-7-12)19-13(2)32-22(24-19)23-17(27)10-11-25-20(28)15-4-3-5-16(26(30)31)18(15)21(25)29/h3-9H,10-11H2,1-2H3,(H,23,24,27). The third kappa shape index (κ3) is 3.87. The molecule has 0 spiro atoms. The maximum atomic E-state index is 12.6. The Hall–Kier alpha value is -3.92. The molecule has 1 aliphatic rings. The van der Waals surface area contributed by atoms with Crippen LogP contribution in [-0.4, -0.2) is 39.1 Å². The highest BCUT2D eigenvalue weighted by atomic mass is 32.1. The van der Waals surface area contributed by atoms with Crippen LogP contribution < -0.4 is 5.32 Å². The third-order valence-electron chi connectivity index (χ3n) is 5.10. The molecule has 0 atom stereocenters. The summed E-state index contributed by atoms with van der Waals surface area (Å²) in [5.74, 6) is -1.83. The van der Waals surface area contributed by atoms with Gasteiger partial charge in [0.15, 0.2) is 5.13 Å². The van der Waals surface area contributed by atoms with Gasteiger partial charge in [-0.2, -0.15) is 0 Å². The van der Waals surface area contributed by atoms with Crippen LogP contribution in [0.4, 0.5) is 10.8 Å². The largest absolute Gasteiger partial charge is 0.302 e. The molecule has 2 aromatic carbocycles. The van der Waals surface area contributed by atoms with Gasteiger partial charge in [0.05, 0.1) is 16.2 Å². The highest BCUT2D eigenvalue weighted by Crippen LogP contribution is 2.32. The van der Waals surface area contributed by atoms with E-state index < -0.39 is 28.3 Å². The zero-order valence-electron chi connectivity index (χ0n) is 17.2. The second kappa shape index (κ2) is 8.31. The Bertz CT molecular complexity index is 1270. The number of imide groups is 1. The summed E-state index contributed by atoms with van der Waals surface area (Å²) in [6, 6.07) is 11.8. The first-order chi connectivity index (χ1) is 15.3. The molecule has 0 radical (unpaired) electrons. The molecule has 1 aromatic heterocycles. The number of nitro groups is 1. The van der Waals surface area contributed by atoms with Crippen molar-refractivity contribution < 1.29 is 19.3 Å². The quantitative estimate of drug-likeness (QED) is 0.345. The molecule has 3 aromatic rings. The van der Waals surface area contributed by atoms with Crippen LogP contribution >= 0.6 is 11.3 Å². The highest BCUT2D eigenvalue weighted by molar-refractivity contribution is 7.16. The summed E-state index contributed by atoms with van der Waals surface area (Å²) in [5.41, 5.74) is 2.17. The minimum absolute atomic E-state index is 0.0251. The summed E-state index contributed by atoms with van der Waals surface area (Å²) in [6.07, 6.45) is -0.155. The number of aryl methyl sites for hydroxylation is 2. The number of nitrogens with zero attached hydrogens (tertiary/aromatic N) is 3. The van der Waals surface area contributed by atoms with Crippen LogP contribution in [0.2, 0.25) is 0 Å². The molecule has 0 saturated heterocycles. The van der Waals surface area contributed by atoms with Crippen LogP contribution in [-0.2, 0) is 4.79 Å². The number of hydrogen-bond acceptors (Lipinski definition) is 7. The summed E-state index contributed by atoms with van der Waals surface area (Å²) >= 11 is 1.33. The fourth-order valence-corrected chi connectivity index (χ4v) is 4.35. The van der Waals surface area contributed by atoms with Crippen LogP contribution in [0.1, 0.15) is 37.6 Å². The van der Waals surface area contributed by atoms with Gasteiger partial charge in [-0.3, -0.25) is 29.4 Å². The first kappa shape index (κ1) is 21.3. The normalized spacial score (nSPS) is 12.8. The maximum Gasteiger partial charge on any atom is 0.282 e. The van der Waals surface area contributed by atoms with E-state index in [1.54, 1.807) is 0 Å². The van der Waals surface area contributed by atoms with Gasteiger partial charge < -0.3 is 5.32 Å². The van der Waals surface area contributed by atoms with Crippen LogP contribution in [0, 0.1) is 24.0 Å². The van der Waals surface area contributed by atoms with Crippen molar-refractivity contribution in [2.45, 2.75) is 20.3 Å². The second-order valence-corrected chi connectivity index (χ2v) is 8.51. The molecule has 0 unspecified atom stereocenters. The lowest BCUT2D eigenvalue weighted by Gasteiger charge is -2.12. The fraction of sp³-hybridized carbons (Fsp3) is 0.182. The second-order valence-electron chi connectivity index (χ2n) is 7.31. The van der Waals surface area contributed by atoms with Gasteiger partial charge in [-0.1, -0.05) is 35.9 Å². The molecular weight excluding hydrogens is 432 g/mol. The maximum absolute atomic E-state index is 12.6. The average Bonchev–Trinajstić information content (AvgIpc) is 3.24. The fourth-order valence-electron chi connectivity index (χ4n) is 3.50. The monoisotopic (exact) mass is 450 g/mol. The first-order valence-corrected chi connectivity index (χ1v) is 10.6. The summed E-state index contributed by atoms with van der Waals surface area (Å²) in [5, 5.41) is 14.3. The smallest absolute Gasteiger partial charge is 0.282 e. The lowest BCUT2D eigenvalue weighted by atomic mass is 10.1. The molecule has 32 heavy (non-hydrogen) atoms. The number of carbonyl (C=O) groups is 3. The van der Waals surface area contributed by atoms with Crippen LogP contribution in [0.3, 0.4) is 0 Å². The average molecular weight is 450 g/mol. The number of nitro benzene ring substituents is 1. The molecule has 9 nitrogen and oxygen atoms in total. The number of fused-ring (bicyclic) bond motifs is 1. The number of thiazole rings is 1. The van der Waals surface area contributed by atoms with Crippen molar-refractivity contribution in [2.75, 3.05) is 11.9 Å². The zero-order valence-corrected chi connectivity index (χ0v) is 18.1. The van der Waals surface area contributed by atoms with E-state index in [0.29, 0.717) is 5.13 Å². The molecular formula is C22H18N4O5S. The van der Waals surface area contributed by atoms with Gasteiger partial charge in [0, 0.05) is 29.5 Å². The minimum atomic E-state index is -0.767. The highest BCUT2D eigenvalue weighted by Gasteiger charge is 2.40. The number of nitrogens with one attached hydrogen (secondary N) is 1. The van der Waals surface area contributed by atoms with Crippen molar-refractivity contribution in [1.82, 2.24) is 9.88 Å². The summed E-state index contributed by atoms with van der Waals surface area (Å²) in [6.45, 7) is 3.72. The van der Waals surface area contributed by atoms with Crippen molar-refractivity contribution in [3.05, 3.63) is 74.1 Å². The molecule has 1 aliphatic heterocycles. The molecule has 4 rings (SSSR count). The Balaban J connectivity index is 1.43. The van der Waals surface area contributed by atoms with Crippen molar-refractivity contribution in [3.63, 3.8) is 0 Å². The third-order valence-corrected chi connectivity index (χ3v) is 5.99.